The van der Waals surface area contributed by atoms with Crippen molar-refractivity contribution in [2.75, 3.05) is 98.8 Å². The van der Waals surface area contributed by atoms with Crippen LogP contribution in [0, 0.1) is 0 Å². The van der Waals surface area contributed by atoms with E-state index in [1.807, 2.05) is 45.3 Å². The van der Waals surface area contributed by atoms with E-state index in [-0.39, 0.29) is 70.4 Å². The monoisotopic (exact) mass is 784 g/mol. The van der Waals surface area contributed by atoms with E-state index in [0.29, 0.717) is 44.5 Å². The largest absolute Gasteiger partial charge is 0.475 e. The second kappa shape index (κ2) is 26.2. The first-order valence-corrected chi connectivity index (χ1v) is 18.2. The van der Waals surface area contributed by atoms with Crippen LogP contribution < -0.4 is 15.4 Å². The summed E-state index contributed by atoms with van der Waals surface area (Å²) in [6, 6.07) is 14.4. The molecule has 56 heavy (non-hydrogen) atoms. The first-order chi connectivity index (χ1) is 26.9. The van der Waals surface area contributed by atoms with Crippen LogP contribution in [0.2, 0.25) is 0 Å². The molecule has 0 fully saturated rings. The minimum atomic E-state index is -0.609. The molecule has 5 amide bonds. The van der Waals surface area contributed by atoms with Crippen LogP contribution in [-0.2, 0) is 46.5 Å². The van der Waals surface area contributed by atoms with Crippen molar-refractivity contribution >= 4 is 35.6 Å². The SMILES string of the molecule is C=C(OCc1ccc(OC(=O)N(CCOCCO)CCN(C)C(=O)OCc2ccc(NC)cc2)cc1)N(C)CCNC(C)=O.CCOCCN1C(=O)C=CC1=O. The Morgan fingerprint density at radius 1 is 0.786 bits per heavy atom. The summed E-state index contributed by atoms with van der Waals surface area (Å²) in [5.74, 6) is 0.198. The number of hydrogen-bond acceptors (Lipinski definition) is 13. The van der Waals surface area contributed by atoms with Gasteiger partial charge in [0.2, 0.25) is 5.91 Å². The molecule has 2 aromatic carbocycles. The van der Waals surface area contributed by atoms with Gasteiger partial charge in [0.15, 0.2) is 5.88 Å². The zero-order valence-electron chi connectivity index (χ0n) is 33.0. The summed E-state index contributed by atoms with van der Waals surface area (Å²) in [7, 11) is 5.24. The molecule has 3 N–H and O–H groups in total. The van der Waals surface area contributed by atoms with E-state index >= 15 is 0 Å². The molecule has 17 heteroatoms. The quantitative estimate of drug-likeness (QED) is 0.0849. The lowest BCUT2D eigenvalue weighted by atomic mass is 10.2. The van der Waals surface area contributed by atoms with E-state index < -0.39 is 12.2 Å². The van der Waals surface area contributed by atoms with Gasteiger partial charge in [0, 0.05) is 85.2 Å². The second-order valence-corrected chi connectivity index (χ2v) is 12.2. The third-order valence-electron chi connectivity index (χ3n) is 7.97. The molecule has 2 aromatic rings. The van der Waals surface area contributed by atoms with E-state index in [4.69, 9.17) is 28.8 Å². The van der Waals surface area contributed by atoms with Crippen LogP contribution in [0.5, 0.6) is 5.75 Å². The number of rotatable bonds is 23. The molecule has 3 rings (SSSR count). The minimum Gasteiger partial charge on any atom is -0.475 e. The second-order valence-electron chi connectivity index (χ2n) is 12.2. The van der Waals surface area contributed by atoms with Crippen molar-refractivity contribution in [3.8, 4) is 5.75 Å². The summed E-state index contributed by atoms with van der Waals surface area (Å²) >= 11 is 0. The normalized spacial score (nSPS) is 11.6. The summed E-state index contributed by atoms with van der Waals surface area (Å²) in [4.78, 5) is 64.2. The Labute approximate surface area is 328 Å². The average molecular weight is 785 g/mol. The number of amides is 5. The van der Waals surface area contributed by atoms with Crippen LogP contribution in [-0.4, -0.2) is 148 Å². The molecular weight excluding hydrogens is 728 g/mol. The van der Waals surface area contributed by atoms with Gasteiger partial charge in [-0.15, -0.1) is 0 Å². The number of hydrogen-bond donors (Lipinski definition) is 3. The van der Waals surface area contributed by atoms with Gasteiger partial charge in [-0.25, -0.2) is 9.59 Å². The van der Waals surface area contributed by atoms with Crippen molar-refractivity contribution in [2.24, 2.45) is 0 Å². The number of benzene rings is 2. The van der Waals surface area contributed by atoms with Crippen molar-refractivity contribution in [3.05, 3.63) is 84.3 Å². The fraction of sp³-hybridized carbons (Fsp3) is 0.462. The molecule has 308 valence electrons. The number of nitrogens with one attached hydrogen (secondary N) is 2. The maximum atomic E-state index is 13.0. The zero-order chi connectivity index (χ0) is 41.3. The number of likely N-dealkylation sites (N-methyl/N-ethyl adjacent to an activating group) is 2. The molecule has 0 aliphatic carbocycles. The molecule has 0 saturated carbocycles. The van der Waals surface area contributed by atoms with Gasteiger partial charge in [0.1, 0.15) is 19.0 Å². The van der Waals surface area contributed by atoms with Crippen LogP contribution in [0.25, 0.3) is 0 Å². The number of carbonyl (C=O) groups is 5. The maximum Gasteiger partial charge on any atom is 0.415 e. The van der Waals surface area contributed by atoms with Crippen molar-refractivity contribution in [3.63, 3.8) is 0 Å². The fourth-order valence-corrected chi connectivity index (χ4v) is 4.59. The third-order valence-corrected chi connectivity index (χ3v) is 7.97. The van der Waals surface area contributed by atoms with Crippen molar-refractivity contribution in [1.82, 2.24) is 24.9 Å². The molecular formula is C39H56N6O11. The van der Waals surface area contributed by atoms with E-state index in [1.165, 1.54) is 28.9 Å². The molecule has 17 nitrogen and oxygen atoms in total. The van der Waals surface area contributed by atoms with E-state index in [9.17, 15) is 24.0 Å². The van der Waals surface area contributed by atoms with Gasteiger partial charge < -0.3 is 54.1 Å². The predicted molar refractivity (Wildman–Crippen MR) is 208 cm³/mol. The average Bonchev–Trinajstić information content (AvgIpc) is 3.51. The van der Waals surface area contributed by atoms with Crippen LogP contribution in [0.4, 0.5) is 15.3 Å². The zero-order valence-corrected chi connectivity index (χ0v) is 33.0. The number of imide groups is 1. The number of aliphatic hydroxyl groups excluding tert-OH is 1. The Kier molecular flexibility index (Phi) is 21.8. The highest BCUT2D eigenvalue weighted by molar-refractivity contribution is 6.12. The van der Waals surface area contributed by atoms with Crippen molar-refractivity contribution in [1.29, 1.82) is 0 Å². The minimum absolute atomic E-state index is 0.0980. The Morgan fingerprint density at radius 3 is 2.00 bits per heavy atom. The standard InChI is InChI=1S/C31H45N5O8.C8H11NO3/c1-24(38)33-14-15-34(4)25(2)42-22-27-8-12-29(13-9-27)44-31(40)36(18-20-41-21-19-37)17-16-35(5)30(39)43-23-26-6-10-28(32-3)11-7-26;1-2-12-6-5-9-7(10)3-4-8(9)11/h6-13,32,37H,2,14-23H2,1,3-5H3,(H,33,38);3-4H,2,5-6H2,1H3. The summed E-state index contributed by atoms with van der Waals surface area (Å²) in [5, 5.41) is 14.7. The number of anilines is 1. The van der Waals surface area contributed by atoms with Crippen LogP contribution >= 0.6 is 0 Å². The van der Waals surface area contributed by atoms with E-state index in [1.54, 1.807) is 36.2 Å². The van der Waals surface area contributed by atoms with Gasteiger partial charge in [-0.2, -0.15) is 0 Å². The molecule has 0 atom stereocenters. The van der Waals surface area contributed by atoms with Crippen LogP contribution in [0.15, 0.2) is 73.1 Å². The van der Waals surface area contributed by atoms with Crippen molar-refractivity contribution < 1.29 is 52.8 Å². The molecule has 0 aromatic heterocycles. The van der Waals surface area contributed by atoms with Gasteiger partial charge in [0.05, 0.1) is 33.0 Å². The summed E-state index contributed by atoms with van der Waals surface area (Å²) in [6.07, 6.45) is 1.41. The highest BCUT2D eigenvalue weighted by atomic mass is 16.6. The highest BCUT2D eigenvalue weighted by Crippen LogP contribution is 2.16. The van der Waals surface area contributed by atoms with Gasteiger partial charge in [0.25, 0.3) is 11.8 Å². The lowest BCUT2D eigenvalue weighted by Crippen LogP contribution is -2.42. The first-order valence-electron chi connectivity index (χ1n) is 18.2. The van der Waals surface area contributed by atoms with E-state index in [0.717, 1.165) is 21.7 Å². The highest BCUT2D eigenvalue weighted by Gasteiger charge is 2.22. The van der Waals surface area contributed by atoms with Gasteiger partial charge in [-0.05, 0) is 48.9 Å². The topological polar surface area (TPSA) is 189 Å². The molecule has 1 aliphatic heterocycles. The lowest BCUT2D eigenvalue weighted by Gasteiger charge is -2.25. The van der Waals surface area contributed by atoms with Crippen molar-refractivity contribution in [2.45, 2.75) is 27.1 Å². The van der Waals surface area contributed by atoms with Crippen LogP contribution in [0.3, 0.4) is 0 Å². The Morgan fingerprint density at radius 2 is 1.41 bits per heavy atom. The van der Waals surface area contributed by atoms with Crippen LogP contribution in [0.1, 0.15) is 25.0 Å². The Hall–Kier alpha value is -5.65. The predicted octanol–water partition coefficient (Wildman–Crippen LogP) is 2.81. The number of ether oxygens (including phenoxy) is 5. The molecule has 0 radical (unpaired) electrons. The fourth-order valence-electron chi connectivity index (χ4n) is 4.59. The number of aliphatic hydroxyl groups is 1. The molecule has 0 unspecified atom stereocenters. The summed E-state index contributed by atoms with van der Waals surface area (Å²) in [6.45, 7) is 10.8. The number of carbonyl (C=O) groups excluding carboxylic acids is 5. The van der Waals surface area contributed by atoms with Gasteiger partial charge >= 0.3 is 12.2 Å². The summed E-state index contributed by atoms with van der Waals surface area (Å²) in [5.41, 5.74) is 2.65. The maximum absolute atomic E-state index is 13.0. The Bertz CT molecular complexity index is 1550. The lowest BCUT2D eigenvalue weighted by molar-refractivity contribution is -0.137. The molecule has 0 bridgehead atoms. The third kappa shape index (κ3) is 18.1. The van der Waals surface area contributed by atoms with Gasteiger partial charge in [-0.3, -0.25) is 19.3 Å². The Balaban J connectivity index is 0.000000764. The van der Waals surface area contributed by atoms with Gasteiger partial charge in [-0.1, -0.05) is 24.3 Å². The molecule has 1 aliphatic rings. The van der Waals surface area contributed by atoms with E-state index in [2.05, 4.69) is 17.2 Å². The summed E-state index contributed by atoms with van der Waals surface area (Å²) < 4.78 is 27.0. The first kappa shape index (κ1) is 46.5. The molecule has 1 heterocycles. The smallest absolute Gasteiger partial charge is 0.415 e. The molecule has 0 saturated heterocycles. The number of nitrogens with zero attached hydrogens (tertiary/aromatic N) is 4. The molecule has 0 spiro atoms.